The first-order valence-corrected chi connectivity index (χ1v) is 7.32. The maximum Gasteiger partial charge on any atom is 0.323 e. The first-order chi connectivity index (χ1) is 10.7. The second-order valence-electron chi connectivity index (χ2n) is 5.34. The molecule has 3 rings (SSSR count). The Bertz CT molecular complexity index is 620. The number of pyridine rings is 1. The van der Waals surface area contributed by atoms with E-state index in [0.29, 0.717) is 24.7 Å². The number of piperazine rings is 1. The average Bonchev–Trinajstić information content (AvgIpc) is 2.94. The number of urea groups is 1. The SMILES string of the molecule is Cc1cc(NC(=O)N2CCN(Cc3ccccn3)CC2)no1. The van der Waals surface area contributed by atoms with Gasteiger partial charge in [-0.2, -0.15) is 0 Å². The van der Waals surface area contributed by atoms with Crippen molar-refractivity contribution in [2.75, 3.05) is 31.5 Å². The Kier molecular flexibility index (Phi) is 4.34. The molecule has 0 unspecified atom stereocenters. The Labute approximate surface area is 128 Å². The van der Waals surface area contributed by atoms with Crippen molar-refractivity contribution in [3.8, 4) is 0 Å². The molecule has 0 atom stereocenters. The van der Waals surface area contributed by atoms with Crippen molar-refractivity contribution in [2.24, 2.45) is 0 Å². The molecule has 0 bridgehead atoms. The molecule has 2 amide bonds. The third kappa shape index (κ3) is 3.62. The van der Waals surface area contributed by atoms with Crippen LogP contribution in [0, 0.1) is 6.92 Å². The highest BCUT2D eigenvalue weighted by atomic mass is 16.5. The molecular formula is C15H19N5O2. The zero-order chi connectivity index (χ0) is 15.4. The highest BCUT2D eigenvalue weighted by Crippen LogP contribution is 2.11. The van der Waals surface area contributed by atoms with Gasteiger partial charge < -0.3 is 9.42 Å². The molecule has 1 aliphatic heterocycles. The molecular weight excluding hydrogens is 282 g/mol. The van der Waals surface area contributed by atoms with E-state index in [1.807, 2.05) is 18.2 Å². The van der Waals surface area contributed by atoms with E-state index in [2.05, 4.69) is 20.4 Å². The summed E-state index contributed by atoms with van der Waals surface area (Å²) >= 11 is 0. The van der Waals surface area contributed by atoms with Crippen LogP contribution < -0.4 is 5.32 Å². The number of hydrogen-bond donors (Lipinski definition) is 1. The number of aryl methyl sites for hydroxylation is 1. The fourth-order valence-corrected chi connectivity index (χ4v) is 2.44. The van der Waals surface area contributed by atoms with E-state index in [9.17, 15) is 4.79 Å². The van der Waals surface area contributed by atoms with E-state index in [4.69, 9.17) is 4.52 Å². The molecule has 116 valence electrons. The van der Waals surface area contributed by atoms with Crippen LogP contribution in [0.5, 0.6) is 0 Å². The largest absolute Gasteiger partial charge is 0.360 e. The lowest BCUT2D eigenvalue weighted by atomic mass is 10.3. The molecule has 0 spiro atoms. The molecule has 22 heavy (non-hydrogen) atoms. The van der Waals surface area contributed by atoms with Gasteiger partial charge >= 0.3 is 6.03 Å². The number of anilines is 1. The Balaban J connectivity index is 1.48. The molecule has 2 aromatic heterocycles. The molecule has 1 N–H and O–H groups in total. The van der Waals surface area contributed by atoms with Gasteiger partial charge in [0.15, 0.2) is 5.82 Å². The number of amides is 2. The lowest BCUT2D eigenvalue weighted by Gasteiger charge is -2.34. The number of aromatic nitrogens is 2. The third-order valence-electron chi connectivity index (χ3n) is 3.63. The maximum atomic E-state index is 12.1. The van der Waals surface area contributed by atoms with Crippen LogP contribution in [-0.4, -0.2) is 52.2 Å². The van der Waals surface area contributed by atoms with Crippen LogP contribution in [0.25, 0.3) is 0 Å². The number of carbonyl (C=O) groups excluding carboxylic acids is 1. The molecule has 7 heteroatoms. The summed E-state index contributed by atoms with van der Waals surface area (Å²) < 4.78 is 4.94. The van der Waals surface area contributed by atoms with Gasteiger partial charge in [0, 0.05) is 45.0 Å². The molecule has 7 nitrogen and oxygen atoms in total. The Morgan fingerprint density at radius 3 is 2.77 bits per heavy atom. The van der Waals surface area contributed by atoms with Crippen molar-refractivity contribution < 1.29 is 9.32 Å². The van der Waals surface area contributed by atoms with Gasteiger partial charge in [-0.25, -0.2) is 4.79 Å². The lowest BCUT2D eigenvalue weighted by Crippen LogP contribution is -2.49. The second kappa shape index (κ2) is 6.57. The molecule has 1 aliphatic rings. The summed E-state index contributed by atoms with van der Waals surface area (Å²) in [5.41, 5.74) is 1.05. The van der Waals surface area contributed by atoms with Crippen molar-refractivity contribution in [3.05, 3.63) is 41.9 Å². The van der Waals surface area contributed by atoms with E-state index in [1.165, 1.54) is 0 Å². The van der Waals surface area contributed by atoms with Crippen molar-refractivity contribution in [3.63, 3.8) is 0 Å². The molecule has 2 aromatic rings. The Morgan fingerprint density at radius 2 is 2.14 bits per heavy atom. The molecule has 1 saturated heterocycles. The first kappa shape index (κ1) is 14.5. The molecule has 0 aromatic carbocycles. The van der Waals surface area contributed by atoms with Gasteiger partial charge in [0.05, 0.1) is 5.69 Å². The Morgan fingerprint density at radius 1 is 1.32 bits per heavy atom. The van der Waals surface area contributed by atoms with Gasteiger partial charge in [-0.05, 0) is 19.1 Å². The monoisotopic (exact) mass is 301 g/mol. The fraction of sp³-hybridized carbons (Fsp3) is 0.400. The quantitative estimate of drug-likeness (QED) is 0.934. The predicted molar refractivity (Wildman–Crippen MR) is 81.3 cm³/mol. The zero-order valence-corrected chi connectivity index (χ0v) is 12.5. The van der Waals surface area contributed by atoms with Gasteiger partial charge in [0.1, 0.15) is 5.76 Å². The summed E-state index contributed by atoms with van der Waals surface area (Å²) in [6.07, 6.45) is 1.80. The topological polar surface area (TPSA) is 74.5 Å². The van der Waals surface area contributed by atoms with Crippen molar-refractivity contribution in [1.82, 2.24) is 19.9 Å². The predicted octanol–water partition coefficient (Wildman–Crippen LogP) is 1.73. The van der Waals surface area contributed by atoms with Gasteiger partial charge in [-0.15, -0.1) is 0 Å². The third-order valence-corrected chi connectivity index (χ3v) is 3.63. The van der Waals surface area contributed by atoms with E-state index >= 15 is 0 Å². The summed E-state index contributed by atoms with van der Waals surface area (Å²) in [5.74, 6) is 1.13. The Hall–Kier alpha value is -2.41. The molecule has 3 heterocycles. The number of rotatable bonds is 3. The van der Waals surface area contributed by atoms with Crippen LogP contribution in [0.4, 0.5) is 10.6 Å². The fourth-order valence-electron chi connectivity index (χ4n) is 2.44. The highest BCUT2D eigenvalue weighted by Gasteiger charge is 2.21. The molecule has 0 aliphatic carbocycles. The van der Waals surface area contributed by atoms with E-state index < -0.39 is 0 Å². The van der Waals surface area contributed by atoms with E-state index in [0.717, 1.165) is 25.3 Å². The van der Waals surface area contributed by atoms with E-state index in [1.54, 1.807) is 24.1 Å². The second-order valence-corrected chi connectivity index (χ2v) is 5.34. The van der Waals surface area contributed by atoms with Crippen molar-refractivity contribution in [2.45, 2.75) is 13.5 Å². The lowest BCUT2D eigenvalue weighted by molar-refractivity contribution is 0.142. The normalized spacial score (nSPS) is 15.8. The maximum absolute atomic E-state index is 12.1. The van der Waals surface area contributed by atoms with Crippen LogP contribution in [0.1, 0.15) is 11.5 Å². The summed E-state index contributed by atoms with van der Waals surface area (Å²) in [7, 11) is 0. The standard InChI is InChI=1S/C15H19N5O2/c1-12-10-14(18-22-12)17-15(21)20-8-6-19(7-9-20)11-13-4-2-3-5-16-13/h2-5,10H,6-9,11H2,1H3,(H,17,18,21). The average molecular weight is 301 g/mol. The highest BCUT2D eigenvalue weighted by molar-refractivity contribution is 5.88. The number of nitrogens with zero attached hydrogens (tertiary/aromatic N) is 4. The molecule has 0 radical (unpaired) electrons. The van der Waals surface area contributed by atoms with Crippen LogP contribution >= 0.6 is 0 Å². The minimum absolute atomic E-state index is 0.134. The van der Waals surface area contributed by atoms with Gasteiger partial charge in [0.25, 0.3) is 0 Å². The van der Waals surface area contributed by atoms with Gasteiger partial charge in [0.2, 0.25) is 0 Å². The summed E-state index contributed by atoms with van der Waals surface area (Å²) in [5, 5.41) is 6.52. The molecule has 0 saturated carbocycles. The van der Waals surface area contributed by atoms with Crippen LogP contribution in [0.3, 0.4) is 0 Å². The first-order valence-electron chi connectivity index (χ1n) is 7.32. The van der Waals surface area contributed by atoms with Crippen molar-refractivity contribution >= 4 is 11.8 Å². The minimum atomic E-state index is -0.134. The summed E-state index contributed by atoms with van der Waals surface area (Å²) in [6.45, 7) is 5.66. The molecule has 1 fully saturated rings. The summed E-state index contributed by atoms with van der Waals surface area (Å²) in [4.78, 5) is 20.6. The van der Waals surface area contributed by atoms with Crippen LogP contribution in [0.15, 0.2) is 35.0 Å². The summed E-state index contributed by atoms with van der Waals surface area (Å²) in [6, 6.07) is 7.50. The van der Waals surface area contributed by atoms with Gasteiger partial charge in [-0.3, -0.25) is 15.2 Å². The zero-order valence-electron chi connectivity index (χ0n) is 12.5. The van der Waals surface area contributed by atoms with Gasteiger partial charge in [-0.1, -0.05) is 11.2 Å². The number of carbonyl (C=O) groups is 1. The number of nitrogens with one attached hydrogen (secondary N) is 1. The van der Waals surface area contributed by atoms with Crippen LogP contribution in [-0.2, 0) is 6.54 Å². The van der Waals surface area contributed by atoms with Crippen molar-refractivity contribution in [1.29, 1.82) is 0 Å². The number of hydrogen-bond acceptors (Lipinski definition) is 5. The smallest absolute Gasteiger partial charge is 0.323 e. The van der Waals surface area contributed by atoms with Crippen LogP contribution in [0.2, 0.25) is 0 Å². The minimum Gasteiger partial charge on any atom is -0.360 e. The van der Waals surface area contributed by atoms with E-state index in [-0.39, 0.29) is 6.03 Å².